The Bertz CT molecular complexity index is 704. The molecule has 2 aromatic heterocycles. The number of phosphoric acid groups is 1. The normalized spacial score (nSPS) is 15.0. The lowest BCUT2D eigenvalue weighted by atomic mass is 10.4. The van der Waals surface area contributed by atoms with E-state index in [4.69, 9.17) is 20.3 Å². The van der Waals surface area contributed by atoms with Gasteiger partial charge in [0.2, 0.25) is 0 Å². The molecule has 6 N–H and O–H groups in total. The van der Waals surface area contributed by atoms with E-state index in [-0.39, 0.29) is 5.82 Å². The number of hydrogen-bond acceptors (Lipinski definition) is 9. The van der Waals surface area contributed by atoms with E-state index in [9.17, 15) is 14.8 Å². The van der Waals surface area contributed by atoms with Gasteiger partial charge in [0.1, 0.15) is 17.9 Å². The summed E-state index contributed by atoms with van der Waals surface area (Å²) in [5.41, 5.74) is 6.26. The van der Waals surface area contributed by atoms with Gasteiger partial charge in [0.15, 0.2) is 17.7 Å². The molecule has 0 spiro atoms. The second-order valence-corrected chi connectivity index (χ2v) is 5.69. The summed E-state index contributed by atoms with van der Waals surface area (Å²) in [4.78, 5) is 29.1. The van der Waals surface area contributed by atoms with Gasteiger partial charge in [-0.1, -0.05) is 0 Å². The highest BCUT2D eigenvalue weighted by molar-refractivity contribution is 7.46. The number of aromatic nitrogens is 4. The van der Waals surface area contributed by atoms with Crippen LogP contribution in [-0.2, 0) is 13.8 Å². The predicted octanol–water partition coefficient (Wildman–Crippen LogP) is -1.61. The van der Waals surface area contributed by atoms with Crippen LogP contribution in [0.2, 0.25) is 0 Å². The molecule has 0 bridgehead atoms. The number of ether oxygens (including phenoxy) is 1. The smallest absolute Gasteiger partial charge is 0.394 e. The van der Waals surface area contributed by atoms with Crippen molar-refractivity contribution in [3.05, 3.63) is 12.7 Å². The molecule has 13 heteroatoms. The average Bonchev–Trinajstić information content (AvgIpc) is 2.92. The average molecular weight is 349 g/mol. The van der Waals surface area contributed by atoms with E-state index in [0.717, 1.165) is 0 Å². The molecule has 128 valence electrons. The lowest BCUT2D eigenvalue weighted by Crippen LogP contribution is -2.29. The Morgan fingerprint density at radius 3 is 2.61 bits per heavy atom. The van der Waals surface area contributed by atoms with Crippen molar-refractivity contribution in [3.8, 4) is 0 Å². The molecular weight excluding hydrogens is 333 g/mol. The molecule has 12 nitrogen and oxygen atoms in total. The Morgan fingerprint density at radius 2 is 2.00 bits per heavy atom. The maximum atomic E-state index is 10.7. The first kappa shape index (κ1) is 17.7. The number of anilines is 1. The summed E-state index contributed by atoms with van der Waals surface area (Å²) in [7, 11) is -4.70. The molecule has 23 heavy (non-hydrogen) atoms. The van der Waals surface area contributed by atoms with E-state index in [0.29, 0.717) is 11.2 Å². The van der Waals surface area contributed by atoms with Gasteiger partial charge in [0.25, 0.3) is 0 Å². The number of fused-ring (bicyclic) bond motifs is 1. The summed E-state index contributed by atoms with van der Waals surface area (Å²) in [6.45, 7) is -1.66. The minimum Gasteiger partial charge on any atom is -0.394 e. The summed E-state index contributed by atoms with van der Waals surface area (Å²) in [6, 6.07) is 0. The van der Waals surface area contributed by atoms with Gasteiger partial charge in [-0.05, 0) is 0 Å². The Kier molecular flexibility index (Phi) is 5.59. The fourth-order valence-corrected chi connectivity index (χ4v) is 2.18. The molecule has 2 atom stereocenters. The number of rotatable bonds is 8. The van der Waals surface area contributed by atoms with E-state index < -0.39 is 40.0 Å². The van der Waals surface area contributed by atoms with Crippen LogP contribution in [0.15, 0.2) is 12.7 Å². The molecule has 0 aliphatic rings. The quantitative estimate of drug-likeness (QED) is 0.345. The summed E-state index contributed by atoms with van der Waals surface area (Å²) in [5, 5.41) is 18.7. The number of nitrogen functional groups attached to an aromatic ring is 1. The lowest BCUT2D eigenvalue weighted by molar-refractivity contribution is -0.109. The Hall–Kier alpha value is -1.66. The Labute approximate surface area is 129 Å². The van der Waals surface area contributed by atoms with Crippen LogP contribution < -0.4 is 5.73 Å². The first-order valence-electron chi connectivity index (χ1n) is 6.36. The van der Waals surface area contributed by atoms with Crippen molar-refractivity contribution in [2.24, 2.45) is 0 Å². The number of aliphatic hydroxyl groups excluding tert-OH is 2. The molecule has 2 aromatic rings. The van der Waals surface area contributed by atoms with Crippen LogP contribution >= 0.6 is 7.82 Å². The van der Waals surface area contributed by atoms with Crippen molar-refractivity contribution in [2.75, 3.05) is 25.6 Å². The summed E-state index contributed by atoms with van der Waals surface area (Å²) in [5.74, 6) is 0.147. The molecule has 0 amide bonds. The minimum atomic E-state index is -4.70. The van der Waals surface area contributed by atoms with Gasteiger partial charge in [0.05, 0.1) is 26.1 Å². The third kappa shape index (κ3) is 4.42. The van der Waals surface area contributed by atoms with Crippen molar-refractivity contribution in [1.29, 1.82) is 0 Å². The van der Waals surface area contributed by atoms with Crippen molar-refractivity contribution in [3.63, 3.8) is 0 Å². The first-order valence-corrected chi connectivity index (χ1v) is 7.89. The Morgan fingerprint density at radius 1 is 1.26 bits per heavy atom. The van der Waals surface area contributed by atoms with Crippen molar-refractivity contribution >= 4 is 24.8 Å². The zero-order valence-corrected chi connectivity index (χ0v) is 12.7. The summed E-state index contributed by atoms with van der Waals surface area (Å²) >= 11 is 0. The van der Waals surface area contributed by atoms with Crippen LogP contribution in [0.5, 0.6) is 0 Å². The van der Waals surface area contributed by atoms with Crippen molar-refractivity contribution < 1.29 is 33.8 Å². The van der Waals surface area contributed by atoms with Crippen LogP contribution in [0.25, 0.3) is 11.2 Å². The van der Waals surface area contributed by atoms with Crippen LogP contribution in [0, 0.1) is 0 Å². The third-order valence-electron chi connectivity index (χ3n) is 2.84. The molecular formula is C10H16N5O7P. The largest absolute Gasteiger partial charge is 0.469 e. The molecule has 0 aliphatic carbocycles. The monoisotopic (exact) mass is 349 g/mol. The number of nitrogens with two attached hydrogens (primary N) is 1. The molecule has 0 unspecified atom stereocenters. The summed E-state index contributed by atoms with van der Waals surface area (Å²) in [6.07, 6.45) is 0.419. The predicted molar refractivity (Wildman–Crippen MR) is 75.8 cm³/mol. The highest BCUT2D eigenvalue weighted by Gasteiger charge is 2.23. The van der Waals surface area contributed by atoms with Gasteiger partial charge < -0.3 is 30.5 Å². The van der Waals surface area contributed by atoms with Crippen LogP contribution in [0.4, 0.5) is 5.82 Å². The van der Waals surface area contributed by atoms with Gasteiger partial charge >= 0.3 is 7.82 Å². The molecule has 0 saturated heterocycles. The zero-order chi connectivity index (χ0) is 17.0. The first-order chi connectivity index (χ1) is 10.9. The fraction of sp³-hybridized carbons (Fsp3) is 0.500. The van der Waals surface area contributed by atoms with Gasteiger partial charge in [0, 0.05) is 0 Å². The van der Waals surface area contributed by atoms with E-state index in [1.807, 2.05) is 0 Å². The minimum absolute atomic E-state index is 0.147. The van der Waals surface area contributed by atoms with Gasteiger partial charge in [-0.2, -0.15) is 0 Å². The third-order valence-corrected chi connectivity index (χ3v) is 3.32. The number of nitrogens with zero attached hydrogens (tertiary/aromatic N) is 4. The molecule has 0 saturated carbocycles. The van der Waals surface area contributed by atoms with E-state index >= 15 is 0 Å². The van der Waals surface area contributed by atoms with E-state index in [2.05, 4.69) is 19.5 Å². The zero-order valence-electron chi connectivity index (χ0n) is 11.8. The highest BCUT2D eigenvalue weighted by atomic mass is 31.2. The SMILES string of the molecule is Nc1ncnc2c1ncn2[C@H](CO)O[C@@H](CO)COP(=O)(O)O. The van der Waals surface area contributed by atoms with Crippen molar-refractivity contribution in [1.82, 2.24) is 19.5 Å². The summed E-state index contributed by atoms with van der Waals surface area (Å²) < 4.78 is 21.7. The standard InChI is InChI=1S/C10H16N5O7P/c11-9-8-10(13-4-12-9)15(5-14-8)7(2-17)22-6(1-16)3-21-23(18,19)20/h4-7,16-17H,1-3H2,(H2,11,12,13)(H2,18,19,20)/t6-,7-/m0/s1. The molecule has 2 heterocycles. The number of aliphatic hydroxyl groups is 2. The second kappa shape index (κ2) is 7.27. The Balaban J connectivity index is 2.17. The van der Waals surface area contributed by atoms with Crippen molar-refractivity contribution in [2.45, 2.75) is 12.3 Å². The van der Waals surface area contributed by atoms with E-state index in [1.54, 1.807) is 0 Å². The number of hydrogen-bond donors (Lipinski definition) is 5. The molecule has 0 radical (unpaired) electrons. The number of phosphoric ester groups is 1. The molecule has 2 rings (SSSR count). The molecule has 0 aliphatic heterocycles. The second-order valence-electron chi connectivity index (χ2n) is 4.45. The van der Waals surface area contributed by atoms with Gasteiger partial charge in [-0.3, -0.25) is 9.09 Å². The maximum absolute atomic E-state index is 10.7. The number of imidazole rings is 1. The molecule has 0 fully saturated rings. The van der Waals surface area contributed by atoms with Crippen LogP contribution in [0.3, 0.4) is 0 Å². The fourth-order valence-electron chi connectivity index (χ4n) is 1.81. The van der Waals surface area contributed by atoms with Gasteiger partial charge in [-0.15, -0.1) is 0 Å². The van der Waals surface area contributed by atoms with Crippen LogP contribution in [-0.4, -0.2) is 65.4 Å². The topological polar surface area (TPSA) is 186 Å². The van der Waals surface area contributed by atoms with Crippen LogP contribution in [0.1, 0.15) is 6.23 Å². The highest BCUT2D eigenvalue weighted by Crippen LogP contribution is 2.36. The molecule has 0 aromatic carbocycles. The van der Waals surface area contributed by atoms with Gasteiger partial charge in [-0.25, -0.2) is 19.5 Å². The lowest BCUT2D eigenvalue weighted by Gasteiger charge is -2.23. The van der Waals surface area contributed by atoms with E-state index in [1.165, 1.54) is 17.2 Å². The maximum Gasteiger partial charge on any atom is 0.469 e.